The van der Waals surface area contributed by atoms with Crippen molar-refractivity contribution < 1.29 is 18.0 Å². The molecule has 1 unspecified atom stereocenters. The molecule has 0 saturated carbocycles. The van der Waals surface area contributed by atoms with Gasteiger partial charge in [0.1, 0.15) is 18.4 Å². The maximum atomic E-state index is 12.6. The summed E-state index contributed by atoms with van der Waals surface area (Å²) in [6.07, 6.45) is -4.11. The number of hydrogen-bond acceptors (Lipinski definition) is 5. The highest BCUT2D eigenvalue weighted by Gasteiger charge is 2.39. The molecule has 4 rings (SSSR count). The standard InChI is InChI=1S/C18H15F3N4OS/c19-18(20,21)10-25-7-5-14(17(25)26)23-16-12-3-1-2-4-13(12)22-15(24-16)11-6-8-27-9-11/h1-4,6,8-9,14H,5,7,10H2,(H,22,23,24). The van der Waals surface area contributed by atoms with Crippen LogP contribution >= 0.6 is 11.3 Å². The number of para-hydroxylation sites is 1. The first-order chi connectivity index (χ1) is 12.9. The van der Waals surface area contributed by atoms with Gasteiger partial charge in [-0.3, -0.25) is 4.79 Å². The van der Waals surface area contributed by atoms with Crippen molar-refractivity contribution in [3.8, 4) is 11.4 Å². The molecule has 140 valence electrons. The molecule has 1 aliphatic rings. The number of carbonyl (C=O) groups excluding carboxylic acids is 1. The first-order valence-corrected chi connectivity index (χ1v) is 9.26. The summed E-state index contributed by atoms with van der Waals surface area (Å²) in [4.78, 5) is 22.3. The van der Waals surface area contributed by atoms with Crippen molar-refractivity contribution in [3.63, 3.8) is 0 Å². The number of alkyl halides is 3. The van der Waals surface area contributed by atoms with Crippen LogP contribution in [-0.4, -0.2) is 46.1 Å². The highest BCUT2D eigenvalue weighted by Crippen LogP contribution is 2.28. The fraction of sp³-hybridized carbons (Fsp3) is 0.278. The van der Waals surface area contributed by atoms with Gasteiger partial charge in [-0.2, -0.15) is 24.5 Å². The van der Waals surface area contributed by atoms with Gasteiger partial charge in [0.25, 0.3) is 0 Å². The second kappa shape index (κ2) is 6.80. The minimum absolute atomic E-state index is 0.0659. The van der Waals surface area contributed by atoms with E-state index >= 15 is 0 Å². The van der Waals surface area contributed by atoms with Crippen LogP contribution in [0, 0.1) is 0 Å². The quantitative estimate of drug-likeness (QED) is 0.731. The Kier molecular flexibility index (Phi) is 4.47. The SMILES string of the molecule is O=C1C(Nc2nc(-c3ccsc3)nc3ccccc23)CCN1CC(F)(F)F. The number of rotatable bonds is 4. The zero-order chi connectivity index (χ0) is 19.0. The van der Waals surface area contributed by atoms with Gasteiger partial charge in [0.05, 0.1) is 5.52 Å². The zero-order valence-electron chi connectivity index (χ0n) is 14.0. The second-order valence-corrected chi connectivity index (χ2v) is 7.07. The van der Waals surface area contributed by atoms with Gasteiger partial charge in [0.15, 0.2) is 5.82 Å². The van der Waals surface area contributed by atoms with Crippen LogP contribution in [0.4, 0.5) is 19.0 Å². The van der Waals surface area contributed by atoms with Gasteiger partial charge in [0.2, 0.25) is 5.91 Å². The molecule has 1 saturated heterocycles. The fourth-order valence-electron chi connectivity index (χ4n) is 3.12. The Morgan fingerprint density at radius 2 is 2.04 bits per heavy atom. The average Bonchev–Trinajstić information content (AvgIpc) is 3.26. The Bertz CT molecular complexity index is 974. The topological polar surface area (TPSA) is 58.1 Å². The van der Waals surface area contributed by atoms with Gasteiger partial charge in [-0.1, -0.05) is 12.1 Å². The Hall–Kier alpha value is -2.68. The van der Waals surface area contributed by atoms with Crippen molar-refractivity contribution in [2.45, 2.75) is 18.6 Å². The smallest absolute Gasteiger partial charge is 0.358 e. The van der Waals surface area contributed by atoms with Crippen molar-refractivity contribution in [2.75, 3.05) is 18.4 Å². The maximum Gasteiger partial charge on any atom is 0.406 e. The summed E-state index contributed by atoms with van der Waals surface area (Å²) in [7, 11) is 0. The highest BCUT2D eigenvalue weighted by atomic mass is 32.1. The van der Waals surface area contributed by atoms with E-state index in [1.165, 1.54) is 11.3 Å². The number of likely N-dealkylation sites (tertiary alicyclic amines) is 1. The molecule has 1 aromatic carbocycles. The van der Waals surface area contributed by atoms with Crippen LogP contribution in [0.2, 0.25) is 0 Å². The Labute approximate surface area is 156 Å². The molecule has 0 spiro atoms. The van der Waals surface area contributed by atoms with Crippen molar-refractivity contribution in [3.05, 3.63) is 41.1 Å². The van der Waals surface area contributed by atoms with Crippen LogP contribution in [0.25, 0.3) is 22.3 Å². The molecule has 5 nitrogen and oxygen atoms in total. The molecule has 1 atom stereocenters. The molecule has 0 bridgehead atoms. The number of thiophene rings is 1. The third-order valence-corrected chi connectivity index (χ3v) is 5.04. The molecule has 3 aromatic rings. The molecule has 3 heterocycles. The van der Waals surface area contributed by atoms with Gasteiger partial charge in [-0.05, 0) is 30.0 Å². The number of nitrogens with zero attached hydrogens (tertiary/aromatic N) is 3. The molecule has 27 heavy (non-hydrogen) atoms. The minimum atomic E-state index is -4.40. The van der Waals surface area contributed by atoms with Crippen molar-refractivity contribution in [1.29, 1.82) is 0 Å². The van der Waals surface area contributed by atoms with Crippen LogP contribution in [0.3, 0.4) is 0 Å². The number of benzene rings is 1. The number of fused-ring (bicyclic) bond motifs is 1. The van der Waals surface area contributed by atoms with E-state index in [1.54, 1.807) is 0 Å². The third-order valence-electron chi connectivity index (χ3n) is 4.36. The molecule has 1 amide bonds. The number of anilines is 1. The third kappa shape index (κ3) is 3.73. The minimum Gasteiger partial charge on any atom is -0.358 e. The molecule has 0 radical (unpaired) electrons. The lowest BCUT2D eigenvalue weighted by atomic mass is 10.2. The van der Waals surface area contributed by atoms with Crippen molar-refractivity contribution in [1.82, 2.24) is 14.9 Å². The van der Waals surface area contributed by atoms with Gasteiger partial charge in [-0.15, -0.1) is 0 Å². The first-order valence-electron chi connectivity index (χ1n) is 8.32. The fourth-order valence-corrected chi connectivity index (χ4v) is 3.75. The molecule has 1 N–H and O–H groups in total. The Balaban J connectivity index is 1.65. The monoisotopic (exact) mass is 392 g/mol. The Morgan fingerprint density at radius 1 is 1.22 bits per heavy atom. The maximum absolute atomic E-state index is 12.6. The summed E-state index contributed by atoms with van der Waals surface area (Å²) in [6, 6.07) is 8.49. The molecule has 9 heteroatoms. The summed E-state index contributed by atoms with van der Waals surface area (Å²) >= 11 is 1.52. The average molecular weight is 392 g/mol. The van der Waals surface area contributed by atoms with E-state index < -0.39 is 24.7 Å². The molecule has 2 aromatic heterocycles. The molecule has 0 aliphatic carbocycles. The number of carbonyl (C=O) groups is 1. The Morgan fingerprint density at radius 3 is 2.78 bits per heavy atom. The summed E-state index contributed by atoms with van der Waals surface area (Å²) in [6.45, 7) is -1.16. The normalized spacial score (nSPS) is 17.7. The summed E-state index contributed by atoms with van der Waals surface area (Å²) in [5.41, 5.74) is 1.55. The molecular formula is C18H15F3N4OS. The number of amides is 1. The van der Waals surface area contributed by atoms with E-state index in [4.69, 9.17) is 0 Å². The number of halogens is 3. The predicted octanol–water partition coefficient (Wildman–Crippen LogP) is 3.93. The van der Waals surface area contributed by atoms with E-state index in [0.29, 0.717) is 23.6 Å². The van der Waals surface area contributed by atoms with Gasteiger partial charge < -0.3 is 10.2 Å². The van der Waals surface area contributed by atoms with Crippen LogP contribution < -0.4 is 5.32 Å². The molecule has 1 aliphatic heterocycles. The summed E-state index contributed by atoms with van der Waals surface area (Å²) in [5.74, 6) is 0.399. The van der Waals surface area contributed by atoms with Crippen LogP contribution in [0.5, 0.6) is 0 Å². The lowest BCUT2D eigenvalue weighted by Gasteiger charge is -2.19. The highest BCUT2D eigenvalue weighted by molar-refractivity contribution is 7.08. The van der Waals surface area contributed by atoms with E-state index in [9.17, 15) is 18.0 Å². The van der Waals surface area contributed by atoms with E-state index in [2.05, 4.69) is 15.3 Å². The lowest BCUT2D eigenvalue weighted by Crippen LogP contribution is -2.39. The number of nitrogens with one attached hydrogen (secondary N) is 1. The first kappa shape index (κ1) is 17.7. The number of hydrogen-bond donors (Lipinski definition) is 1. The summed E-state index contributed by atoms with van der Waals surface area (Å²) in [5, 5.41) is 7.60. The van der Waals surface area contributed by atoms with E-state index in [-0.39, 0.29) is 6.54 Å². The van der Waals surface area contributed by atoms with Crippen LogP contribution in [0.1, 0.15) is 6.42 Å². The van der Waals surface area contributed by atoms with Crippen molar-refractivity contribution in [2.24, 2.45) is 0 Å². The number of aromatic nitrogens is 2. The molecular weight excluding hydrogens is 377 g/mol. The van der Waals surface area contributed by atoms with Crippen molar-refractivity contribution >= 4 is 34.0 Å². The zero-order valence-corrected chi connectivity index (χ0v) is 14.8. The van der Waals surface area contributed by atoms with Gasteiger partial charge >= 0.3 is 6.18 Å². The van der Waals surface area contributed by atoms with Gasteiger partial charge in [-0.25, -0.2) is 9.97 Å². The molecule has 1 fully saturated rings. The lowest BCUT2D eigenvalue weighted by molar-refractivity contribution is -0.157. The van der Waals surface area contributed by atoms with E-state index in [1.807, 2.05) is 41.1 Å². The van der Waals surface area contributed by atoms with Crippen LogP contribution in [0.15, 0.2) is 41.1 Å². The second-order valence-electron chi connectivity index (χ2n) is 6.29. The van der Waals surface area contributed by atoms with Gasteiger partial charge in [0, 0.05) is 22.9 Å². The van der Waals surface area contributed by atoms with E-state index in [0.717, 1.165) is 15.8 Å². The largest absolute Gasteiger partial charge is 0.406 e. The summed E-state index contributed by atoms with van der Waals surface area (Å²) < 4.78 is 37.9. The van der Waals surface area contributed by atoms with Crippen LogP contribution in [-0.2, 0) is 4.79 Å². The predicted molar refractivity (Wildman–Crippen MR) is 97.5 cm³/mol.